The lowest BCUT2D eigenvalue weighted by Crippen LogP contribution is -2.50. The quantitative estimate of drug-likeness (QED) is 0.0212. The van der Waals surface area contributed by atoms with Gasteiger partial charge in [0.25, 0.3) is 0 Å². The number of hydrogen-bond donors (Lipinski definition) is 15. The van der Waals surface area contributed by atoms with Gasteiger partial charge in [-0.15, -0.1) is 0 Å². The number of rotatable bonds is 53. The Hall–Kier alpha value is -8.58. The van der Waals surface area contributed by atoms with Gasteiger partial charge in [0.15, 0.2) is 40.8 Å². The van der Waals surface area contributed by atoms with Crippen molar-refractivity contribution in [2.75, 3.05) is 32.8 Å². The first kappa shape index (κ1) is 84.4. The second kappa shape index (κ2) is 45.7. The van der Waals surface area contributed by atoms with E-state index in [1.54, 1.807) is 37.3 Å². The summed E-state index contributed by atoms with van der Waals surface area (Å²) < 4.78 is 0. The first-order valence-corrected chi connectivity index (χ1v) is 32.3. The molecule has 0 aromatic heterocycles. The number of nitrogens with zero attached hydrogens (tertiary/aromatic N) is 2. The lowest BCUT2D eigenvalue weighted by molar-refractivity contribution is -0.141. The van der Waals surface area contributed by atoms with Crippen LogP contribution in [0.2, 0.25) is 0 Å². The second-order valence-electron chi connectivity index (χ2n) is 24.1. The molecule has 0 aliphatic heterocycles. The van der Waals surface area contributed by atoms with Crippen LogP contribution in [-0.2, 0) is 73.5 Å². The van der Waals surface area contributed by atoms with Crippen LogP contribution in [-0.4, -0.2) is 177 Å². The molecule has 0 radical (unpaired) electrons. The highest BCUT2D eigenvalue weighted by atomic mass is 16.4. The van der Waals surface area contributed by atoms with E-state index in [9.17, 15) is 87.5 Å². The van der Waals surface area contributed by atoms with Crippen LogP contribution in [0.1, 0.15) is 162 Å². The molecule has 0 saturated heterocycles. The van der Waals surface area contributed by atoms with Gasteiger partial charge < -0.3 is 81.4 Å². The van der Waals surface area contributed by atoms with Crippen LogP contribution in [0.15, 0.2) is 40.3 Å². The van der Waals surface area contributed by atoms with E-state index >= 15 is 0 Å². The van der Waals surface area contributed by atoms with Crippen LogP contribution < -0.4 is 61.0 Å². The van der Waals surface area contributed by atoms with Crippen molar-refractivity contribution in [2.45, 2.75) is 193 Å². The topological polar surface area (TPSA) is 561 Å². The summed E-state index contributed by atoms with van der Waals surface area (Å²) in [6, 6.07) is 1.13. The van der Waals surface area contributed by atoms with Gasteiger partial charge >= 0.3 is 11.9 Å². The first-order valence-electron chi connectivity index (χ1n) is 32.3. The summed E-state index contributed by atoms with van der Waals surface area (Å²) in [4.78, 5) is 196. The maximum Gasteiger partial charge on any atom is 0.305 e. The number of carboxylic acids is 2. The number of Topliss-reactive ketones (excluding diaryl/α,β-unsaturated/α-hetero) is 6. The average Bonchev–Trinajstić information content (AvgIpc) is 0.985. The summed E-state index contributed by atoms with van der Waals surface area (Å²) in [6.45, 7) is 6.50. The highest BCUT2D eigenvalue weighted by molar-refractivity contribution is 6.00. The molecule has 6 amide bonds. The molecule has 0 aliphatic rings. The molecule has 1 aromatic rings. The Balaban J connectivity index is 3.58. The number of carbonyl (C=O) groups excluding carboxylic acids is 12. The molecule has 532 valence electrons. The largest absolute Gasteiger partial charge is 0.481 e. The van der Waals surface area contributed by atoms with E-state index in [1.165, 1.54) is 13.8 Å². The highest BCUT2D eigenvalue weighted by Gasteiger charge is 2.37. The Morgan fingerprint density at radius 2 is 0.916 bits per heavy atom. The molecule has 0 spiro atoms. The van der Waals surface area contributed by atoms with Gasteiger partial charge in [0.1, 0.15) is 11.8 Å². The second-order valence-corrected chi connectivity index (χ2v) is 24.1. The minimum atomic E-state index is -1.82. The molecule has 31 nitrogen and oxygen atoms in total. The number of carboxylic acid groups (broad SMARTS) is 2. The minimum Gasteiger partial charge on any atom is -0.481 e. The molecule has 0 fully saturated rings. The Labute approximate surface area is 554 Å². The Bertz CT molecular complexity index is 2790. The standard InChI is InChI=1S/C64H103N13O18/c1-6-36(3)44(38(5)80)32-54(85)47(28-39-15-9-8-10-16-39)76-62(95)43(20-22-55(66)86)31-53(84)48(33-57(89)90)75-58(91)37(4)27-50(81)49(35-79)77-61(94)42(18-13-25-71-63(67)68)30-51(82)45(19-14-26-72-64(69)70)73-60(93)41(17-11-12-24-65)29-52(83)46(21-23-56(87)88)74-59(92)40(7-2)34-78/h8-10,15-16,36-37,40-49,78-79H,6-7,11-14,17-35,65H2,1-5H3,(H2,66,86)(H,73,93)(H,74,92)(H,75,91)(H,76,95)(H,77,94)(H,87,88)(H,89,90)(H4,67,68,71)(H4,69,70,72)/t36-,37+,40-,41+,42+,43+,44-,45-,46-,47-,48-,49-/m0/s1. The van der Waals surface area contributed by atoms with E-state index in [2.05, 4.69) is 36.6 Å². The normalized spacial score (nSPS) is 14.9. The third-order valence-electron chi connectivity index (χ3n) is 16.5. The SMILES string of the molecule is CC[C@@H](CO)C(=O)N[C@@H](CCC(=O)O)C(=O)C[C@@H](CCCCN)C(=O)N[C@@H](CCCN=C(N)N)C(=O)C[C@@H](CCCN=C(N)N)C(=O)N[C@@H](CO)C(=O)C[C@@H](C)C(=O)N[C@@H](CC(=O)O)C(=O)C[C@@H](CCC(N)=O)C(=O)N[C@@H](Cc1ccccc1)C(=O)C[C@H](C(C)=O)[C@@H](C)CC. The van der Waals surface area contributed by atoms with Crippen molar-refractivity contribution in [1.82, 2.24) is 26.6 Å². The van der Waals surface area contributed by atoms with Gasteiger partial charge in [-0.1, -0.05) is 70.9 Å². The van der Waals surface area contributed by atoms with Crippen molar-refractivity contribution < 1.29 is 87.5 Å². The van der Waals surface area contributed by atoms with E-state index in [4.69, 9.17) is 34.4 Å². The zero-order valence-electron chi connectivity index (χ0n) is 55.4. The molecule has 0 unspecified atom stereocenters. The first-order chi connectivity index (χ1) is 44.8. The van der Waals surface area contributed by atoms with Crippen LogP contribution in [0.5, 0.6) is 0 Å². The molecular weight excluding hydrogens is 1240 g/mol. The lowest BCUT2D eigenvalue weighted by Gasteiger charge is -2.26. The van der Waals surface area contributed by atoms with Crippen LogP contribution in [0, 0.1) is 41.4 Å². The number of ketones is 6. The lowest BCUT2D eigenvalue weighted by atomic mass is 9.82. The van der Waals surface area contributed by atoms with Crippen molar-refractivity contribution in [1.29, 1.82) is 0 Å². The molecule has 21 N–H and O–H groups in total. The third-order valence-corrected chi connectivity index (χ3v) is 16.5. The van der Waals surface area contributed by atoms with Gasteiger partial charge in [0.2, 0.25) is 35.4 Å². The van der Waals surface area contributed by atoms with Gasteiger partial charge in [0.05, 0.1) is 49.7 Å². The Morgan fingerprint density at radius 3 is 1.38 bits per heavy atom. The number of carbonyl (C=O) groups is 14. The smallest absolute Gasteiger partial charge is 0.305 e. The highest BCUT2D eigenvalue weighted by Crippen LogP contribution is 2.25. The predicted molar refractivity (Wildman–Crippen MR) is 349 cm³/mol. The van der Waals surface area contributed by atoms with Crippen molar-refractivity contribution in [2.24, 2.45) is 85.8 Å². The summed E-state index contributed by atoms with van der Waals surface area (Å²) in [5.41, 5.74) is 33.9. The summed E-state index contributed by atoms with van der Waals surface area (Å²) in [5, 5.41) is 52.2. The van der Waals surface area contributed by atoms with Crippen LogP contribution in [0.4, 0.5) is 0 Å². The van der Waals surface area contributed by atoms with E-state index in [-0.39, 0.29) is 107 Å². The fraction of sp³-hybridized carbons (Fsp3) is 0.656. The third kappa shape index (κ3) is 33.9. The van der Waals surface area contributed by atoms with Crippen molar-refractivity contribution in [3.05, 3.63) is 35.9 Å². The van der Waals surface area contributed by atoms with Crippen LogP contribution in [0.3, 0.4) is 0 Å². The summed E-state index contributed by atoms with van der Waals surface area (Å²) >= 11 is 0. The van der Waals surface area contributed by atoms with Crippen LogP contribution >= 0.6 is 0 Å². The molecular formula is C64H103N13O18. The van der Waals surface area contributed by atoms with Crippen molar-refractivity contribution >= 4 is 94.0 Å². The molecule has 31 heteroatoms. The van der Waals surface area contributed by atoms with Gasteiger partial charge in [-0.25, -0.2) is 0 Å². The van der Waals surface area contributed by atoms with E-state index < -0.39 is 200 Å². The maximum absolute atomic E-state index is 14.5. The van der Waals surface area contributed by atoms with Crippen molar-refractivity contribution in [3.8, 4) is 0 Å². The molecule has 12 atom stereocenters. The fourth-order valence-electron chi connectivity index (χ4n) is 10.5. The van der Waals surface area contributed by atoms with E-state index in [1.807, 2.05) is 13.8 Å². The number of hydrogen-bond acceptors (Lipinski definition) is 19. The minimum absolute atomic E-state index is 0.0136. The monoisotopic (exact) mass is 1340 g/mol. The number of aliphatic imine (C=N–C) groups is 2. The average molecular weight is 1340 g/mol. The van der Waals surface area contributed by atoms with Crippen molar-refractivity contribution in [3.63, 3.8) is 0 Å². The number of guanidine groups is 2. The zero-order chi connectivity index (χ0) is 71.9. The number of aliphatic hydroxyl groups excluding tert-OH is 2. The molecule has 0 aliphatic carbocycles. The van der Waals surface area contributed by atoms with Gasteiger partial charge in [-0.05, 0) is 89.2 Å². The molecule has 0 heterocycles. The molecule has 0 saturated carbocycles. The molecule has 1 aromatic carbocycles. The Morgan fingerprint density at radius 1 is 0.463 bits per heavy atom. The molecule has 0 bridgehead atoms. The summed E-state index contributed by atoms with van der Waals surface area (Å²) in [6.07, 6.45) is -3.99. The maximum atomic E-state index is 14.5. The number of unbranched alkanes of at least 4 members (excludes halogenated alkanes) is 1. The van der Waals surface area contributed by atoms with Gasteiger partial charge in [0, 0.05) is 87.6 Å². The number of nitrogens with two attached hydrogens (primary N) is 6. The molecule has 95 heavy (non-hydrogen) atoms. The number of amides is 6. The number of nitrogens with one attached hydrogen (secondary N) is 5. The molecule has 1 rings (SSSR count). The predicted octanol–water partition coefficient (Wildman–Crippen LogP) is -0.963. The number of aliphatic carboxylic acids is 2. The van der Waals surface area contributed by atoms with Crippen LogP contribution in [0.25, 0.3) is 0 Å². The Kier molecular flexibility index (Phi) is 40.6. The van der Waals surface area contributed by atoms with E-state index in [0.717, 1.165) is 0 Å². The van der Waals surface area contributed by atoms with Gasteiger partial charge in [-0.3, -0.25) is 77.1 Å². The number of benzene rings is 1. The van der Waals surface area contributed by atoms with Gasteiger partial charge in [-0.2, -0.15) is 0 Å². The fourth-order valence-corrected chi connectivity index (χ4v) is 10.5. The zero-order valence-corrected chi connectivity index (χ0v) is 55.4. The summed E-state index contributed by atoms with van der Waals surface area (Å²) in [7, 11) is 0. The summed E-state index contributed by atoms with van der Waals surface area (Å²) in [5.74, 6) is -19.6. The number of aliphatic hydroxyl groups is 2. The number of primary amides is 1. The van der Waals surface area contributed by atoms with E-state index in [0.29, 0.717) is 24.8 Å².